The van der Waals surface area contributed by atoms with Crippen LogP contribution in [0, 0.1) is 17.8 Å². The van der Waals surface area contributed by atoms with Crippen LogP contribution in [0.2, 0.25) is 0 Å². The molecular formula is C24H43N4S7-. The topological polar surface area (TPSA) is 30.5 Å². The van der Waals surface area contributed by atoms with Crippen LogP contribution < -0.4 is 10.6 Å². The first-order valence-electron chi connectivity index (χ1n) is 13.5. The first-order valence-corrected chi connectivity index (χ1v) is 21.2. The molecule has 5 saturated heterocycles. The Kier molecular flexibility index (Phi) is 8.88. The molecule has 0 amide bonds. The molecule has 4 nitrogen and oxygen atoms in total. The Morgan fingerprint density at radius 1 is 0.800 bits per heavy atom. The molecule has 0 spiro atoms. The SMILES string of the molecule is CC1C2CC(C(S(=S)(=S)S)C3CCC(N3)C([S-](=S)=S)C3CCC(C(C)C4CCC1N4)N3C)N(C)C2. The molecule has 5 rings (SSSR count). The van der Waals surface area contributed by atoms with Crippen LogP contribution >= 0.6 is 11.7 Å². The second kappa shape index (κ2) is 11.0. The monoisotopic (exact) mass is 611 g/mol. The van der Waals surface area contributed by atoms with E-state index in [-0.39, 0.29) is 5.25 Å². The Bertz CT molecular complexity index is 963. The van der Waals surface area contributed by atoms with E-state index in [1.54, 1.807) is 0 Å². The summed E-state index contributed by atoms with van der Waals surface area (Å²) in [5, 5.41) is 8.76. The molecule has 5 aliphatic heterocycles. The number of rotatable bonds is 2. The number of nitrogens with one attached hydrogen (secondary N) is 2. The average molecular weight is 612 g/mol. The van der Waals surface area contributed by atoms with E-state index < -0.39 is 14.2 Å². The molecule has 5 heterocycles. The van der Waals surface area contributed by atoms with E-state index in [1.807, 2.05) is 0 Å². The van der Waals surface area contributed by atoms with Crippen LogP contribution in [0.1, 0.15) is 58.8 Å². The summed E-state index contributed by atoms with van der Waals surface area (Å²) in [5.74, 6) is 1.99. The molecule has 0 aliphatic carbocycles. The van der Waals surface area contributed by atoms with Crippen molar-refractivity contribution in [1.29, 1.82) is 0 Å². The van der Waals surface area contributed by atoms with Gasteiger partial charge in [0.15, 0.2) is 0 Å². The highest BCUT2D eigenvalue weighted by Crippen LogP contribution is 2.42. The van der Waals surface area contributed by atoms with E-state index in [9.17, 15) is 0 Å². The lowest BCUT2D eigenvalue weighted by atomic mass is 9.84. The van der Waals surface area contributed by atoms with Crippen molar-refractivity contribution in [2.24, 2.45) is 17.8 Å². The summed E-state index contributed by atoms with van der Waals surface area (Å²) in [5.41, 5.74) is 0. The number of fused-ring (bicyclic) bond motifs is 8. The van der Waals surface area contributed by atoms with Crippen molar-refractivity contribution in [3.8, 4) is 0 Å². The van der Waals surface area contributed by atoms with Crippen LogP contribution in [0.3, 0.4) is 0 Å². The van der Waals surface area contributed by atoms with Gasteiger partial charge < -0.3 is 28.4 Å². The molecule has 12 atom stereocenters. The maximum Gasteiger partial charge on any atom is 0.0532 e. The van der Waals surface area contributed by atoms with Gasteiger partial charge in [-0.2, -0.15) is 0 Å². The molecule has 35 heavy (non-hydrogen) atoms. The summed E-state index contributed by atoms with van der Waals surface area (Å²) >= 11 is 28.7. The van der Waals surface area contributed by atoms with E-state index in [0.29, 0.717) is 65.3 Å². The summed E-state index contributed by atoms with van der Waals surface area (Å²) in [6, 6.07) is 3.40. The molecule has 202 valence electrons. The molecular weight excluding hydrogens is 569 g/mol. The van der Waals surface area contributed by atoms with Crippen molar-refractivity contribution in [2.45, 2.75) is 112 Å². The highest BCUT2D eigenvalue weighted by Gasteiger charge is 2.49. The minimum atomic E-state index is -1.86. The normalized spacial score (nSPS) is 49.8. The Balaban J connectivity index is 1.52. The number of likely N-dealkylation sites (tertiary alicyclic amines) is 1. The van der Waals surface area contributed by atoms with Gasteiger partial charge in [0.25, 0.3) is 0 Å². The van der Waals surface area contributed by atoms with Crippen molar-refractivity contribution >= 4 is 70.6 Å². The predicted octanol–water partition coefficient (Wildman–Crippen LogP) is 2.50. The Hall–Kier alpha value is 1.77. The van der Waals surface area contributed by atoms with Crippen LogP contribution in [0.4, 0.5) is 0 Å². The summed E-state index contributed by atoms with van der Waals surface area (Å²) < 4.78 is 0. The zero-order valence-electron chi connectivity index (χ0n) is 21.4. The fourth-order valence-electron chi connectivity index (χ4n) is 8.61. The van der Waals surface area contributed by atoms with Crippen molar-refractivity contribution in [2.75, 3.05) is 20.6 Å². The van der Waals surface area contributed by atoms with Gasteiger partial charge in [0, 0.05) is 36.8 Å². The molecule has 5 fully saturated rings. The Morgan fingerprint density at radius 2 is 1.37 bits per heavy atom. The number of hydrogen-bond donors (Lipinski definition) is 3. The van der Waals surface area contributed by atoms with Gasteiger partial charge in [-0.15, -0.1) is 11.7 Å². The zero-order valence-corrected chi connectivity index (χ0v) is 27.2. The van der Waals surface area contributed by atoms with Crippen molar-refractivity contribution in [3.05, 3.63) is 0 Å². The summed E-state index contributed by atoms with van der Waals surface area (Å²) in [4.78, 5) is 5.25. The molecule has 0 aromatic carbocycles. The van der Waals surface area contributed by atoms with Gasteiger partial charge in [0.1, 0.15) is 0 Å². The van der Waals surface area contributed by atoms with Crippen molar-refractivity contribution in [1.82, 2.24) is 20.4 Å². The van der Waals surface area contributed by atoms with Crippen LogP contribution in [0.15, 0.2) is 0 Å². The number of hydrogen-bond acceptors (Lipinski definition) is 9. The largest absolute Gasteiger partial charge is 0.341 e. The van der Waals surface area contributed by atoms with E-state index in [2.05, 4.69) is 48.4 Å². The Morgan fingerprint density at radius 3 is 2.03 bits per heavy atom. The van der Waals surface area contributed by atoms with Gasteiger partial charge in [-0.25, -0.2) is 0 Å². The van der Waals surface area contributed by atoms with E-state index in [4.69, 9.17) is 56.4 Å². The second-order valence-corrected chi connectivity index (χ2v) is 24.6. The lowest BCUT2D eigenvalue weighted by Gasteiger charge is -2.42. The molecule has 0 radical (unpaired) electrons. The standard InChI is InChI=1S/C24H43N4S7/c1-13-15-11-22(27(3)12-15)24(35(31,32)33)19-8-7-18(26-19)23(34(29)30)21-10-9-20(28(21)4)14(2)17-6-5-16(13)25-17/h13-26H,5-12H2,1-4H3,(H,31,32,33)/q-1. The molecule has 11 heteroatoms. The lowest BCUT2D eigenvalue weighted by Crippen LogP contribution is -2.55. The minimum Gasteiger partial charge on any atom is -0.341 e. The van der Waals surface area contributed by atoms with Gasteiger partial charge in [-0.3, -0.25) is 22.4 Å². The molecule has 0 saturated carbocycles. The summed E-state index contributed by atoms with van der Waals surface area (Å²) in [6.07, 6.45) is 6.64. The number of nitrogens with zero attached hydrogens (tertiary/aromatic N) is 2. The first-order chi connectivity index (χ1) is 16.5. The van der Waals surface area contributed by atoms with Crippen LogP contribution in [-0.2, 0) is 58.9 Å². The van der Waals surface area contributed by atoms with Crippen molar-refractivity contribution in [3.63, 3.8) is 0 Å². The Labute approximate surface area is 239 Å². The number of thiol groups is 1. The third kappa shape index (κ3) is 5.42. The molecule has 0 aromatic heterocycles. The third-order valence-corrected chi connectivity index (χ3v) is 16.4. The van der Waals surface area contributed by atoms with Crippen LogP contribution in [0.25, 0.3) is 0 Å². The summed E-state index contributed by atoms with van der Waals surface area (Å²) in [7, 11) is 4.17. The minimum absolute atomic E-state index is 0.229. The maximum atomic E-state index is 6.00. The first kappa shape index (κ1) is 28.3. The third-order valence-electron chi connectivity index (χ3n) is 10.6. The zero-order chi connectivity index (χ0) is 25.2. The van der Waals surface area contributed by atoms with E-state index in [0.717, 1.165) is 19.4 Å². The van der Waals surface area contributed by atoms with Gasteiger partial charge in [0.05, 0.1) is 5.25 Å². The fourth-order valence-corrected chi connectivity index (χ4v) is 15.0. The molecule has 0 aromatic rings. The molecule has 12 unspecified atom stereocenters. The lowest BCUT2D eigenvalue weighted by molar-refractivity contribution is 0.157. The fraction of sp³-hybridized carbons (Fsp3) is 1.00. The average Bonchev–Trinajstić information content (AvgIpc) is 3.55. The van der Waals surface area contributed by atoms with E-state index >= 15 is 0 Å². The van der Waals surface area contributed by atoms with E-state index in [1.165, 1.54) is 32.1 Å². The second-order valence-electron chi connectivity index (χ2n) is 12.2. The van der Waals surface area contributed by atoms with Gasteiger partial charge in [-0.1, -0.05) is 19.1 Å². The molecule has 2 N–H and O–H groups in total. The highest BCUT2D eigenvalue weighted by atomic mass is 33.5. The van der Waals surface area contributed by atoms with Gasteiger partial charge in [-0.05, 0) is 117 Å². The maximum absolute atomic E-state index is 6.00. The molecule has 8 bridgehead atoms. The van der Waals surface area contributed by atoms with Crippen molar-refractivity contribution < 1.29 is 0 Å². The van der Waals surface area contributed by atoms with Gasteiger partial charge in [0.2, 0.25) is 0 Å². The predicted molar refractivity (Wildman–Crippen MR) is 168 cm³/mol. The highest BCUT2D eigenvalue weighted by molar-refractivity contribution is 8.93. The summed E-state index contributed by atoms with van der Waals surface area (Å²) in [6.45, 7) is 6.12. The molecule has 5 aliphatic rings. The smallest absolute Gasteiger partial charge is 0.0532 e. The van der Waals surface area contributed by atoms with Crippen LogP contribution in [0.5, 0.6) is 0 Å². The quantitative estimate of drug-likeness (QED) is 0.250. The van der Waals surface area contributed by atoms with Gasteiger partial charge >= 0.3 is 0 Å². The van der Waals surface area contributed by atoms with Crippen LogP contribution in [-0.4, -0.2) is 83.2 Å².